The molecule has 0 radical (unpaired) electrons. The van der Waals surface area contributed by atoms with E-state index >= 15 is 0 Å². The van der Waals surface area contributed by atoms with E-state index in [1.807, 2.05) is 54.6 Å². The third kappa shape index (κ3) is 6.34. The number of ether oxygens (including phenoxy) is 1. The fraction of sp³-hybridized carbons (Fsp3) is 0.417. The van der Waals surface area contributed by atoms with Gasteiger partial charge in [-0.15, -0.1) is 0 Å². The zero-order valence-electron chi connectivity index (χ0n) is 17.1. The molecular formula is C24H30N2O3. The highest BCUT2D eigenvalue weighted by Gasteiger charge is 2.21. The van der Waals surface area contributed by atoms with Gasteiger partial charge in [-0.25, -0.2) is 0 Å². The van der Waals surface area contributed by atoms with Crippen LogP contribution in [-0.2, 0) is 16.2 Å². The van der Waals surface area contributed by atoms with Crippen LogP contribution in [0.5, 0.6) is 5.75 Å². The third-order valence-corrected chi connectivity index (χ3v) is 5.39. The second kappa shape index (κ2) is 10.6. The van der Waals surface area contributed by atoms with Crippen molar-refractivity contribution in [2.45, 2.75) is 45.6 Å². The molecule has 0 unspecified atom stereocenters. The van der Waals surface area contributed by atoms with Crippen LogP contribution in [0.15, 0.2) is 54.6 Å². The van der Waals surface area contributed by atoms with Crippen molar-refractivity contribution in [3.8, 4) is 5.75 Å². The van der Waals surface area contributed by atoms with Crippen LogP contribution in [0.4, 0.5) is 5.69 Å². The van der Waals surface area contributed by atoms with Gasteiger partial charge >= 0.3 is 0 Å². The van der Waals surface area contributed by atoms with E-state index in [1.165, 1.54) is 6.42 Å². The third-order valence-electron chi connectivity index (χ3n) is 5.39. The van der Waals surface area contributed by atoms with Crippen LogP contribution in [0.1, 0.15) is 44.6 Å². The molecule has 3 rings (SSSR count). The Hall–Kier alpha value is -2.82. The maximum atomic E-state index is 12.3. The number of anilines is 1. The molecule has 0 heterocycles. The van der Waals surface area contributed by atoms with Crippen LogP contribution < -0.4 is 15.0 Å². The van der Waals surface area contributed by atoms with Crippen LogP contribution in [-0.4, -0.2) is 24.9 Å². The summed E-state index contributed by atoms with van der Waals surface area (Å²) in [4.78, 5) is 26.1. The molecule has 2 aromatic carbocycles. The van der Waals surface area contributed by atoms with Gasteiger partial charge in [-0.2, -0.15) is 0 Å². The number of hydrogen-bond donors (Lipinski definition) is 1. The van der Waals surface area contributed by atoms with Crippen molar-refractivity contribution in [2.24, 2.45) is 5.92 Å². The molecule has 1 fully saturated rings. The predicted molar refractivity (Wildman–Crippen MR) is 115 cm³/mol. The highest BCUT2D eigenvalue weighted by molar-refractivity contribution is 5.91. The van der Waals surface area contributed by atoms with Gasteiger partial charge in [-0.3, -0.25) is 9.59 Å². The average Bonchev–Trinajstić information content (AvgIpc) is 2.77. The normalized spacial score (nSPS) is 14.2. The van der Waals surface area contributed by atoms with Gasteiger partial charge in [-0.1, -0.05) is 49.6 Å². The van der Waals surface area contributed by atoms with Gasteiger partial charge < -0.3 is 15.0 Å². The number of rotatable bonds is 8. The molecule has 0 bridgehead atoms. The topological polar surface area (TPSA) is 58.6 Å². The van der Waals surface area contributed by atoms with Crippen molar-refractivity contribution in [2.75, 3.05) is 18.0 Å². The first-order valence-electron chi connectivity index (χ1n) is 10.5. The zero-order chi connectivity index (χ0) is 20.5. The predicted octanol–water partition coefficient (Wildman–Crippen LogP) is 4.32. The van der Waals surface area contributed by atoms with Gasteiger partial charge in [0.15, 0.2) is 0 Å². The van der Waals surface area contributed by atoms with E-state index in [-0.39, 0.29) is 17.7 Å². The Morgan fingerprint density at radius 1 is 1.00 bits per heavy atom. The standard InChI is InChI=1S/C24H30N2O3/c1-19(27)26(17-16-25-24(28)21-10-6-3-7-11-21)22-12-14-23(15-13-22)29-18-20-8-4-2-5-9-20/h2,4-5,8-9,12-15,21H,3,6-7,10-11,16-18H2,1H3,(H,25,28). The van der Waals surface area contributed by atoms with Crippen LogP contribution in [0.2, 0.25) is 0 Å². The van der Waals surface area contributed by atoms with E-state index in [0.717, 1.165) is 42.7 Å². The summed E-state index contributed by atoms with van der Waals surface area (Å²) < 4.78 is 5.81. The Bertz CT molecular complexity index is 784. The number of benzene rings is 2. The Morgan fingerprint density at radius 3 is 2.34 bits per heavy atom. The summed E-state index contributed by atoms with van der Waals surface area (Å²) in [5.41, 5.74) is 1.91. The number of nitrogens with zero attached hydrogens (tertiary/aromatic N) is 1. The lowest BCUT2D eigenvalue weighted by atomic mass is 9.89. The van der Waals surface area contributed by atoms with Crippen molar-refractivity contribution in [1.29, 1.82) is 0 Å². The summed E-state index contributed by atoms with van der Waals surface area (Å²) in [6, 6.07) is 17.5. The Morgan fingerprint density at radius 2 is 1.69 bits per heavy atom. The van der Waals surface area contributed by atoms with Crippen LogP contribution >= 0.6 is 0 Å². The Balaban J connectivity index is 1.50. The fourth-order valence-electron chi connectivity index (χ4n) is 3.73. The molecule has 154 valence electrons. The lowest BCUT2D eigenvalue weighted by molar-refractivity contribution is -0.126. The van der Waals surface area contributed by atoms with Crippen molar-refractivity contribution in [1.82, 2.24) is 5.32 Å². The fourth-order valence-corrected chi connectivity index (χ4v) is 3.73. The molecule has 2 amide bonds. The summed E-state index contributed by atoms with van der Waals surface area (Å²) in [7, 11) is 0. The molecule has 0 aliphatic heterocycles. The van der Waals surface area contributed by atoms with E-state index in [4.69, 9.17) is 4.74 Å². The maximum Gasteiger partial charge on any atom is 0.223 e. The smallest absolute Gasteiger partial charge is 0.223 e. The molecule has 1 saturated carbocycles. The first-order valence-corrected chi connectivity index (χ1v) is 10.5. The highest BCUT2D eigenvalue weighted by Crippen LogP contribution is 2.24. The lowest BCUT2D eigenvalue weighted by Gasteiger charge is -2.24. The van der Waals surface area contributed by atoms with Crippen molar-refractivity contribution in [3.05, 3.63) is 60.2 Å². The first-order chi connectivity index (χ1) is 14.1. The minimum absolute atomic E-state index is 0.0464. The van der Waals surface area contributed by atoms with E-state index in [1.54, 1.807) is 11.8 Å². The zero-order valence-corrected chi connectivity index (χ0v) is 17.1. The molecular weight excluding hydrogens is 364 g/mol. The minimum Gasteiger partial charge on any atom is -0.489 e. The summed E-state index contributed by atoms with van der Waals surface area (Å²) in [5, 5.41) is 3.00. The molecule has 5 nitrogen and oxygen atoms in total. The molecule has 0 atom stereocenters. The van der Waals surface area contributed by atoms with Crippen molar-refractivity contribution >= 4 is 17.5 Å². The monoisotopic (exact) mass is 394 g/mol. The van der Waals surface area contributed by atoms with Gasteiger partial charge in [0.1, 0.15) is 12.4 Å². The highest BCUT2D eigenvalue weighted by atomic mass is 16.5. The number of carbonyl (C=O) groups excluding carboxylic acids is 2. The Labute approximate surface area is 173 Å². The Kier molecular flexibility index (Phi) is 7.68. The van der Waals surface area contributed by atoms with Gasteiger partial charge in [-0.05, 0) is 42.7 Å². The van der Waals surface area contributed by atoms with Crippen LogP contribution in [0, 0.1) is 5.92 Å². The lowest BCUT2D eigenvalue weighted by Crippen LogP contribution is -2.40. The van der Waals surface area contributed by atoms with E-state index in [0.29, 0.717) is 19.7 Å². The van der Waals surface area contributed by atoms with E-state index in [2.05, 4.69) is 5.32 Å². The van der Waals surface area contributed by atoms with Gasteiger partial charge in [0.05, 0.1) is 0 Å². The maximum absolute atomic E-state index is 12.3. The molecule has 1 N–H and O–H groups in total. The minimum atomic E-state index is -0.0464. The molecule has 0 spiro atoms. The van der Waals surface area contributed by atoms with E-state index in [9.17, 15) is 9.59 Å². The van der Waals surface area contributed by atoms with Crippen LogP contribution in [0.25, 0.3) is 0 Å². The van der Waals surface area contributed by atoms with Crippen molar-refractivity contribution in [3.63, 3.8) is 0 Å². The average molecular weight is 395 g/mol. The number of carbonyl (C=O) groups is 2. The summed E-state index contributed by atoms with van der Waals surface area (Å²) >= 11 is 0. The first kappa shape index (κ1) is 20.9. The molecule has 1 aliphatic rings. The second-order valence-electron chi connectivity index (χ2n) is 7.56. The van der Waals surface area contributed by atoms with Gasteiger partial charge in [0, 0.05) is 31.6 Å². The van der Waals surface area contributed by atoms with E-state index < -0.39 is 0 Å². The molecule has 0 aromatic heterocycles. The number of amides is 2. The van der Waals surface area contributed by atoms with Crippen LogP contribution in [0.3, 0.4) is 0 Å². The quantitative estimate of drug-likeness (QED) is 0.726. The van der Waals surface area contributed by atoms with Gasteiger partial charge in [0.25, 0.3) is 0 Å². The largest absolute Gasteiger partial charge is 0.489 e. The number of nitrogens with one attached hydrogen (secondary N) is 1. The summed E-state index contributed by atoms with van der Waals surface area (Å²) in [6.45, 7) is 2.96. The SMILES string of the molecule is CC(=O)N(CCNC(=O)C1CCCCC1)c1ccc(OCc2ccccc2)cc1. The molecule has 5 heteroatoms. The summed E-state index contributed by atoms with van der Waals surface area (Å²) in [5.74, 6) is 0.968. The van der Waals surface area contributed by atoms with Gasteiger partial charge in [0.2, 0.25) is 11.8 Å². The second-order valence-corrected chi connectivity index (χ2v) is 7.56. The molecule has 1 aliphatic carbocycles. The molecule has 29 heavy (non-hydrogen) atoms. The van der Waals surface area contributed by atoms with Crippen molar-refractivity contribution < 1.29 is 14.3 Å². The summed E-state index contributed by atoms with van der Waals surface area (Å²) in [6.07, 6.45) is 5.46. The molecule has 2 aromatic rings. The number of hydrogen-bond acceptors (Lipinski definition) is 3. The molecule has 0 saturated heterocycles.